The van der Waals surface area contributed by atoms with Crippen LogP contribution in [0.1, 0.15) is 12.5 Å². The Kier molecular flexibility index (Phi) is 4.92. The highest BCUT2D eigenvalue weighted by Crippen LogP contribution is 2.33. The van der Waals surface area contributed by atoms with Crippen molar-refractivity contribution in [2.75, 3.05) is 16.5 Å². The lowest BCUT2D eigenvalue weighted by Gasteiger charge is -2.22. The molecule has 27 heavy (non-hydrogen) atoms. The van der Waals surface area contributed by atoms with Gasteiger partial charge in [0.1, 0.15) is 0 Å². The highest BCUT2D eigenvalue weighted by molar-refractivity contribution is 9.10. The summed E-state index contributed by atoms with van der Waals surface area (Å²) in [7, 11) is 0. The molecule has 0 spiro atoms. The van der Waals surface area contributed by atoms with E-state index in [1.165, 1.54) is 22.0 Å². The second kappa shape index (κ2) is 7.36. The number of para-hydroxylation sites is 1. The maximum Gasteiger partial charge on any atom is 0.237 e. The molecule has 1 aromatic heterocycles. The SMILES string of the molecule is CC1Cc2ccccc2N1C(=O)CSc1nnc(-c2ccccc2Br)n1N. The molecule has 8 heteroatoms. The van der Waals surface area contributed by atoms with Crippen molar-refractivity contribution in [1.29, 1.82) is 0 Å². The smallest absolute Gasteiger partial charge is 0.237 e. The summed E-state index contributed by atoms with van der Waals surface area (Å²) in [5.74, 6) is 7.02. The van der Waals surface area contributed by atoms with E-state index in [4.69, 9.17) is 5.84 Å². The molecule has 0 saturated carbocycles. The normalized spacial score (nSPS) is 15.8. The predicted molar refractivity (Wildman–Crippen MR) is 111 cm³/mol. The Morgan fingerprint density at radius 3 is 2.78 bits per heavy atom. The zero-order valence-corrected chi connectivity index (χ0v) is 17.1. The summed E-state index contributed by atoms with van der Waals surface area (Å²) in [4.78, 5) is 14.7. The molecular formula is C19H18BrN5OS. The highest BCUT2D eigenvalue weighted by Gasteiger charge is 2.30. The Morgan fingerprint density at radius 1 is 1.22 bits per heavy atom. The number of amides is 1. The molecule has 1 aliphatic heterocycles. The summed E-state index contributed by atoms with van der Waals surface area (Å²) in [6.45, 7) is 2.07. The molecular weight excluding hydrogens is 426 g/mol. The first-order chi connectivity index (χ1) is 13.1. The van der Waals surface area contributed by atoms with Crippen LogP contribution in [-0.4, -0.2) is 32.6 Å². The van der Waals surface area contributed by atoms with Crippen LogP contribution in [0.15, 0.2) is 58.2 Å². The van der Waals surface area contributed by atoms with Crippen LogP contribution in [0.5, 0.6) is 0 Å². The molecule has 1 aliphatic rings. The molecule has 3 aromatic rings. The van der Waals surface area contributed by atoms with Gasteiger partial charge in [-0.15, -0.1) is 10.2 Å². The number of aromatic nitrogens is 3. The van der Waals surface area contributed by atoms with E-state index in [0.29, 0.717) is 11.0 Å². The molecule has 1 amide bonds. The van der Waals surface area contributed by atoms with Crippen LogP contribution < -0.4 is 10.7 Å². The fraction of sp³-hybridized carbons (Fsp3) is 0.211. The molecule has 0 aliphatic carbocycles. The second-order valence-electron chi connectivity index (χ2n) is 6.39. The minimum Gasteiger partial charge on any atom is -0.335 e. The average molecular weight is 444 g/mol. The van der Waals surface area contributed by atoms with E-state index >= 15 is 0 Å². The lowest BCUT2D eigenvalue weighted by molar-refractivity contribution is -0.116. The number of anilines is 1. The summed E-state index contributed by atoms with van der Waals surface area (Å²) < 4.78 is 2.32. The number of fused-ring (bicyclic) bond motifs is 1. The molecule has 0 bridgehead atoms. The standard InChI is InChI=1S/C19H18BrN5OS/c1-12-10-13-6-2-5-9-16(13)24(12)17(26)11-27-19-23-22-18(25(19)21)14-7-3-4-8-15(14)20/h2-9,12H,10-11,21H2,1H3. The number of hydrogen-bond acceptors (Lipinski definition) is 5. The third-order valence-electron chi connectivity index (χ3n) is 4.58. The maximum absolute atomic E-state index is 12.8. The third kappa shape index (κ3) is 3.35. The molecule has 0 fully saturated rings. The topological polar surface area (TPSA) is 77.0 Å². The van der Waals surface area contributed by atoms with Crippen molar-refractivity contribution >= 4 is 39.3 Å². The molecule has 1 atom stereocenters. The van der Waals surface area contributed by atoms with Gasteiger partial charge in [0.25, 0.3) is 0 Å². The van der Waals surface area contributed by atoms with Gasteiger partial charge in [0.15, 0.2) is 5.82 Å². The number of nitrogen functional groups attached to an aromatic ring is 1. The van der Waals surface area contributed by atoms with Gasteiger partial charge in [0.2, 0.25) is 11.1 Å². The van der Waals surface area contributed by atoms with E-state index in [-0.39, 0.29) is 17.7 Å². The number of halogens is 1. The van der Waals surface area contributed by atoms with Gasteiger partial charge in [0.05, 0.1) is 5.75 Å². The third-order valence-corrected chi connectivity index (χ3v) is 6.20. The lowest BCUT2D eigenvalue weighted by atomic mass is 10.1. The Labute approximate surface area is 169 Å². The number of carbonyl (C=O) groups excluding carboxylic acids is 1. The Bertz CT molecular complexity index is 1010. The van der Waals surface area contributed by atoms with E-state index in [9.17, 15) is 4.79 Å². The molecule has 2 N–H and O–H groups in total. The monoisotopic (exact) mass is 443 g/mol. The highest BCUT2D eigenvalue weighted by atomic mass is 79.9. The zero-order chi connectivity index (χ0) is 19.0. The lowest BCUT2D eigenvalue weighted by Crippen LogP contribution is -2.37. The Balaban J connectivity index is 1.50. The zero-order valence-electron chi connectivity index (χ0n) is 14.7. The fourth-order valence-corrected chi connectivity index (χ4v) is 4.52. The first-order valence-corrected chi connectivity index (χ1v) is 10.3. The van der Waals surface area contributed by atoms with Gasteiger partial charge in [-0.2, -0.15) is 0 Å². The first kappa shape index (κ1) is 18.1. The van der Waals surface area contributed by atoms with Crippen molar-refractivity contribution in [3.63, 3.8) is 0 Å². The number of nitrogens with two attached hydrogens (primary N) is 1. The number of hydrogen-bond donors (Lipinski definition) is 1. The van der Waals surface area contributed by atoms with Crippen molar-refractivity contribution < 1.29 is 4.79 Å². The Morgan fingerprint density at radius 2 is 1.96 bits per heavy atom. The molecule has 4 rings (SSSR count). The molecule has 2 heterocycles. The summed E-state index contributed by atoms with van der Waals surface area (Å²) in [5, 5.41) is 8.85. The summed E-state index contributed by atoms with van der Waals surface area (Å²) in [6, 6.07) is 15.9. The van der Waals surface area contributed by atoms with Crippen molar-refractivity contribution in [1.82, 2.24) is 14.9 Å². The number of carbonyl (C=O) groups is 1. The van der Waals surface area contributed by atoms with E-state index in [2.05, 4.69) is 39.1 Å². The molecule has 138 valence electrons. The van der Waals surface area contributed by atoms with Gasteiger partial charge >= 0.3 is 0 Å². The van der Waals surface area contributed by atoms with Gasteiger partial charge < -0.3 is 10.7 Å². The summed E-state index contributed by atoms with van der Waals surface area (Å²) in [6.07, 6.45) is 0.881. The molecule has 2 aromatic carbocycles. The number of thioether (sulfide) groups is 1. The van der Waals surface area contributed by atoms with E-state index < -0.39 is 0 Å². The van der Waals surface area contributed by atoms with Crippen molar-refractivity contribution in [3.8, 4) is 11.4 Å². The van der Waals surface area contributed by atoms with Crippen LogP contribution in [0.4, 0.5) is 5.69 Å². The van der Waals surface area contributed by atoms with Crippen LogP contribution in [0, 0.1) is 0 Å². The van der Waals surface area contributed by atoms with Gasteiger partial charge in [0, 0.05) is 21.8 Å². The fourth-order valence-electron chi connectivity index (χ4n) is 3.34. The van der Waals surface area contributed by atoms with E-state index in [1.807, 2.05) is 47.4 Å². The minimum atomic E-state index is 0.0443. The van der Waals surface area contributed by atoms with Crippen LogP contribution in [0.2, 0.25) is 0 Å². The van der Waals surface area contributed by atoms with Crippen LogP contribution in [0.3, 0.4) is 0 Å². The molecule has 1 unspecified atom stereocenters. The number of nitrogens with zero attached hydrogens (tertiary/aromatic N) is 4. The van der Waals surface area contributed by atoms with Crippen molar-refractivity contribution in [3.05, 3.63) is 58.6 Å². The van der Waals surface area contributed by atoms with Gasteiger partial charge in [-0.05, 0) is 37.1 Å². The van der Waals surface area contributed by atoms with Crippen molar-refractivity contribution in [2.45, 2.75) is 24.5 Å². The van der Waals surface area contributed by atoms with Crippen LogP contribution >= 0.6 is 27.7 Å². The van der Waals surface area contributed by atoms with Crippen LogP contribution in [-0.2, 0) is 11.2 Å². The quantitative estimate of drug-likeness (QED) is 0.493. The van der Waals surface area contributed by atoms with Crippen molar-refractivity contribution in [2.24, 2.45) is 0 Å². The Hall–Kier alpha value is -2.32. The molecule has 0 radical (unpaired) electrons. The average Bonchev–Trinajstić information content (AvgIpc) is 3.19. The summed E-state index contributed by atoms with van der Waals surface area (Å²) in [5.41, 5.74) is 3.06. The predicted octanol–water partition coefficient (Wildman–Crippen LogP) is 3.49. The number of rotatable bonds is 4. The first-order valence-electron chi connectivity index (χ1n) is 8.54. The van der Waals surface area contributed by atoms with Gasteiger partial charge in [-0.3, -0.25) is 4.79 Å². The summed E-state index contributed by atoms with van der Waals surface area (Å²) >= 11 is 4.80. The van der Waals surface area contributed by atoms with E-state index in [1.54, 1.807) is 0 Å². The van der Waals surface area contributed by atoms with Gasteiger partial charge in [-0.25, -0.2) is 4.68 Å². The second-order valence-corrected chi connectivity index (χ2v) is 8.19. The number of benzene rings is 2. The van der Waals surface area contributed by atoms with Gasteiger partial charge in [-0.1, -0.05) is 58.0 Å². The minimum absolute atomic E-state index is 0.0443. The molecule has 0 saturated heterocycles. The van der Waals surface area contributed by atoms with Crippen LogP contribution in [0.25, 0.3) is 11.4 Å². The molecule has 6 nitrogen and oxygen atoms in total. The largest absolute Gasteiger partial charge is 0.335 e. The van der Waals surface area contributed by atoms with E-state index in [0.717, 1.165) is 22.1 Å². The maximum atomic E-state index is 12.8.